The highest BCUT2D eigenvalue weighted by Gasteiger charge is 2.38. The minimum atomic E-state index is -1.02. The average molecular weight is 334 g/mol. The molecule has 6 nitrogen and oxygen atoms in total. The summed E-state index contributed by atoms with van der Waals surface area (Å²) in [6, 6.07) is 6.94. The first-order valence-electron chi connectivity index (χ1n) is 7.74. The third kappa shape index (κ3) is 2.77. The van der Waals surface area contributed by atoms with Gasteiger partial charge >= 0.3 is 0 Å². The fourth-order valence-corrected chi connectivity index (χ4v) is 3.04. The van der Waals surface area contributed by atoms with E-state index in [-0.39, 0.29) is 12.4 Å². The van der Waals surface area contributed by atoms with E-state index >= 15 is 0 Å². The number of hydrogen-bond acceptors (Lipinski definition) is 6. The molecule has 2 aromatic carbocycles. The molecule has 1 aliphatic heterocycles. The van der Waals surface area contributed by atoms with Crippen molar-refractivity contribution in [2.45, 2.75) is 31.8 Å². The van der Waals surface area contributed by atoms with Crippen LogP contribution in [-0.2, 0) is 9.47 Å². The Hall–Kier alpha value is -2.02. The monoisotopic (exact) mass is 334 g/mol. The number of rotatable bonds is 4. The summed E-state index contributed by atoms with van der Waals surface area (Å²) in [7, 11) is 3.09. The summed E-state index contributed by atoms with van der Waals surface area (Å²) in [5.41, 5.74) is 0.361. The van der Waals surface area contributed by atoms with Crippen molar-refractivity contribution < 1.29 is 29.2 Å². The Labute approximate surface area is 140 Å². The Bertz CT molecular complexity index is 755. The second kappa shape index (κ2) is 6.12. The number of phenols is 1. The van der Waals surface area contributed by atoms with E-state index in [1.165, 1.54) is 7.11 Å². The molecular weight excluding hydrogens is 312 g/mol. The maximum atomic E-state index is 10.8. The van der Waals surface area contributed by atoms with Crippen LogP contribution in [0.25, 0.3) is 10.8 Å². The molecule has 130 valence electrons. The van der Waals surface area contributed by atoms with Gasteiger partial charge in [-0.05, 0) is 32.0 Å². The molecule has 0 saturated carbocycles. The lowest BCUT2D eigenvalue weighted by atomic mass is 9.98. The molecule has 0 radical (unpaired) electrons. The highest BCUT2D eigenvalue weighted by Crippen LogP contribution is 2.43. The predicted molar refractivity (Wildman–Crippen MR) is 88.6 cm³/mol. The summed E-state index contributed by atoms with van der Waals surface area (Å²) in [6.45, 7) is 3.82. The Kier molecular flexibility index (Phi) is 4.29. The van der Waals surface area contributed by atoms with Crippen LogP contribution < -0.4 is 9.47 Å². The molecule has 0 amide bonds. The molecule has 0 spiro atoms. The quantitative estimate of drug-likeness (QED) is 0.895. The molecule has 2 N–H and O–H groups in total. The molecule has 1 saturated heterocycles. The summed E-state index contributed by atoms with van der Waals surface area (Å²) >= 11 is 0. The second-order valence-electron chi connectivity index (χ2n) is 6.21. The number of phenolic OH excluding ortho intramolecular Hbond substituents is 1. The number of hydrogen-bond donors (Lipinski definition) is 2. The zero-order valence-electron chi connectivity index (χ0n) is 14.2. The highest BCUT2D eigenvalue weighted by molar-refractivity contribution is 5.98. The Morgan fingerprint density at radius 2 is 1.79 bits per heavy atom. The van der Waals surface area contributed by atoms with Gasteiger partial charge in [-0.25, -0.2) is 0 Å². The number of fused-ring (bicyclic) bond motifs is 1. The van der Waals surface area contributed by atoms with Gasteiger partial charge in [0.2, 0.25) is 0 Å². The van der Waals surface area contributed by atoms with Crippen LogP contribution in [0.15, 0.2) is 24.3 Å². The maximum absolute atomic E-state index is 10.8. The number of benzene rings is 2. The molecule has 2 atom stereocenters. The summed E-state index contributed by atoms with van der Waals surface area (Å²) < 4.78 is 21.9. The first kappa shape index (κ1) is 16.8. The van der Waals surface area contributed by atoms with Gasteiger partial charge in [-0.1, -0.05) is 6.07 Å². The van der Waals surface area contributed by atoms with Crippen molar-refractivity contribution in [2.24, 2.45) is 0 Å². The Morgan fingerprint density at radius 3 is 2.38 bits per heavy atom. The van der Waals surface area contributed by atoms with Crippen LogP contribution >= 0.6 is 0 Å². The van der Waals surface area contributed by atoms with Gasteiger partial charge in [0.25, 0.3) is 0 Å². The lowest BCUT2D eigenvalue weighted by Gasteiger charge is -2.22. The largest absolute Gasteiger partial charge is 0.507 e. The number of methoxy groups -OCH3 is 2. The first-order valence-corrected chi connectivity index (χ1v) is 7.74. The summed E-state index contributed by atoms with van der Waals surface area (Å²) in [4.78, 5) is 0. The van der Waals surface area contributed by atoms with Crippen molar-refractivity contribution in [3.8, 4) is 17.2 Å². The third-order valence-electron chi connectivity index (χ3n) is 4.25. The van der Waals surface area contributed by atoms with Gasteiger partial charge in [0.1, 0.15) is 29.5 Å². The van der Waals surface area contributed by atoms with Gasteiger partial charge < -0.3 is 29.2 Å². The zero-order chi connectivity index (χ0) is 17.5. The van der Waals surface area contributed by atoms with E-state index in [4.69, 9.17) is 18.9 Å². The number of aliphatic hydroxyl groups excluding tert-OH is 1. The van der Waals surface area contributed by atoms with E-state index in [0.717, 1.165) is 0 Å². The van der Waals surface area contributed by atoms with Crippen molar-refractivity contribution >= 4 is 10.8 Å². The van der Waals surface area contributed by atoms with Crippen molar-refractivity contribution in [3.63, 3.8) is 0 Å². The summed E-state index contributed by atoms with van der Waals surface area (Å²) in [5, 5.41) is 22.6. The highest BCUT2D eigenvalue weighted by atomic mass is 16.7. The van der Waals surface area contributed by atoms with Gasteiger partial charge in [-0.3, -0.25) is 0 Å². The molecule has 1 fully saturated rings. The normalized spacial score (nSPS) is 21.0. The lowest BCUT2D eigenvalue weighted by molar-refractivity contribution is -0.151. The predicted octanol–water partition coefficient (Wildman–Crippen LogP) is 2.75. The smallest absolute Gasteiger partial charge is 0.163 e. The van der Waals surface area contributed by atoms with Crippen molar-refractivity contribution in [1.82, 2.24) is 0 Å². The fraction of sp³-hybridized carbons (Fsp3) is 0.444. The lowest BCUT2D eigenvalue weighted by Crippen LogP contribution is -2.25. The third-order valence-corrected chi connectivity index (χ3v) is 4.25. The van der Waals surface area contributed by atoms with Crippen LogP contribution in [0.4, 0.5) is 0 Å². The van der Waals surface area contributed by atoms with Crippen LogP contribution in [0.1, 0.15) is 25.5 Å². The average Bonchev–Trinajstić information content (AvgIpc) is 2.93. The van der Waals surface area contributed by atoms with E-state index < -0.39 is 18.0 Å². The molecule has 2 aromatic rings. The molecule has 3 rings (SSSR count). The number of aliphatic hydroxyl groups is 1. The van der Waals surface area contributed by atoms with E-state index in [1.807, 2.05) is 0 Å². The van der Waals surface area contributed by atoms with Crippen molar-refractivity contribution in [1.29, 1.82) is 0 Å². The second-order valence-corrected chi connectivity index (χ2v) is 6.21. The Morgan fingerprint density at radius 1 is 1.12 bits per heavy atom. The summed E-state index contributed by atoms with van der Waals surface area (Å²) in [6.07, 6.45) is -1.58. The van der Waals surface area contributed by atoms with E-state index in [0.29, 0.717) is 27.8 Å². The molecule has 1 aliphatic rings. The molecule has 1 heterocycles. The van der Waals surface area contributed by atoms with E-state index in [9.17, 15) is 10.2 Å². The molecule has 0 aliphatic carbocycles. The van der Waals surface area contributed by atoms with E-state index in [1.54, 1.807) is 45.2 Å². The van der Waals surface area contributed by atoms with Gasteiger partial charge in [0.05, 0.1) is 26.2 Å². The maximum Gasteiger partial charge on any atom is 0.163 e. The SMILES string of the molecule is COc1ccc(OC)c2c(O)c([C@@H](O)[C@H]3COC(C)(C)O3)ccc12. The van der Waals surface area contributed by atoms with Crippen LogP contribution in [0.3, 0.4) is 0 Å². The molecule has 0 bridgehead atoms. The first-order chi connectivity index (χ1) is 11.4. The minimum absolute atomic E-state index is 0.0518. The summed E-state index contributed by atoms with van der Waals surface area (Å²) in [5.74, 6) is 0.313. The van der Waals surface area contributed by atoms with Crippen molar-refractivity contribution in [3.05, 3.63) is 29.8 Å². The topological polar surface area (TPSA) is 77.4 Å². The van der Waals surface area contributed by atoms with Gasteiger partial charge in [0, 0.05) is 10.9 Å². The van der Waals surface area contributed by atoms with Crippen LogP contribution in [0.5, 0.6) is 17.2 Å². The molecule has 6 heteroatoms. The molecular formula is C18H22O6. The Balaban J connectivity index is 2.08. The zero-order valence-corrected chi connectivity index (χ0v) is 14.2. The van der Waals surface area contributed by atoms with E-state index in [2.05, 4.69) is 0 Å². The van der Waals surface area contributed by atoms with Crippen LogP contribution in [-0.4, -0.2) is 42.9 Å². The fourth-order valence-electron chi connectivity index (χ4n) is 3.04. The van der Waals surface area contributed by atoms with Gasteiger partial charge in [-0.2, -0.15) is 0 Å². The number of aromatic hydroxyl groups is 1. The molecule has 24 heavy (non-hydrogen) atoms. The van der Waals surface area contributed by atoms with Crippen molar-refractivity contribution in [2.75, 3.05) is 20.8 Å². The van der Waals surface area contributed by atoms with Crippen LogP contribution in [0, 0.1) is 0 Å². The minimum Gasteiger partial charge on any atom is -0.507 e. The van der Waals surface area contributed by atoms with Gasteiger partial charge in [0.15, 0.2) is 5.79 Å². The number of ether oxygens (including phenoxy) is 4. The standard InChI is InChI=1S/C18H22O6/c1-18(2)23-9-14(24-18)16(19)11-6-5-10-12(21-3)7-8-13(22-4)15(10)17(11)20/h5-8,14,16,19-20H,9H2,1-4H3/t14-,16-/m1/s1. The van der Waals surface area contributed by atoms with Gasteiger partial charge in [-0.15, -0.1) is 0 Å². The molecule has 0 aromatic heterocycles. The molecule has 0 unspecified atom stereocenters. The van der Waals surface area contributed by atoms with Crippen LogP contribution in [0.2, 0.25) is 0 Å².